The lowest BCUT2D eigenvalue weighted by Gasteiger charge is -2.03. The Bertz CT molecular complexity index is 775. The van der Waals surface area contributed by atoms with Crippen LogP contribution < -0.4 is 10.2 Å². The summed E-state index contributed by atoms with van der Waals surface area (Å²) in [5.74, 6) is 1.02. The van der Waals surface area contributed by atoms with Crippen LogP contribution in [0.5, 0.6) is 5.88 Å². The van der Waals surface area contributed by atoms with Gasteiger partial charge in [-0.1, -0.05) is 12.1 Å². The zero-order valence-corrected chi connectivity index (χ0v) is 10.3. The first-order valence-electron chi connectivity index (χ1n) is 5.81. The average molecular weight is 253 g/mol. The maximum Gasteiger partial charge on any atom is 0.212 e. The summed E-state index contributed by atoms with van der Waals surface area (Å²) in [5, 5.41) is 0.577. The van der Waals surface area contributed by atoms with Crippen molar-refractivity contribution in [1.29, 1.82) is 0 Å². The summed E-state index contributed by atoms with van der Waals surface area (Å²) >= 11 is 0. The van der Waals surface area contributed by atoms with E-state index in [1.807, 2.05) is 12.1 Å². The third-order valence-corrected chi connectivity index (χ3v) is 2.86. The lowest BCUT2D eigenvalue weighted by atomic mass is 10.1. The van der Waals surface area contributed by atoms with Crippen LogP contribution in [0.3, 0.4) is 0 Å². The number of rotatable bonds is 2. The monoisotopic (exact) mass is 253 g/mol. The van der Waals surface area contributed by atoms with Crippen molar-refractivity contribution in [3.8, 4) is 17.2 Å². The summed E-state index contributed by atoms with van der Waals surface area (Å²) in [6.07, 6.45) is 1.62. The fourth-order valence-electron chi connectivity index (χ4n) is 1.89. The van der Waals surface area contributed by atoms with Crippen molar-refractivity contribution in [2.45, 2.75) is 0 Å². The van der Waals surface area contributed by atoms with Crippen molar-refractivity contribution in [1.82, 2.24) is 4.98 Å². The van der Waals surface area contributed by atoms with Crippen molar-refractivity contribution in [3.63, 3.8) is 0 Å². The SMILES string of the molecule is COc1ccc(-c2cc(=O)c3ccccc3o2)cn1. The number of methoxy groups -OCH3 is 1. The molecule has 0 fully saturated rings. The van der Waals surface area contributed by atoms with Gasteiger partial charge in [0, 0.05) is 23.9 Å². The van der Waals surface area contributed by atoms with E-state index in [0.29, 0.717) is 22.6 Å². The van der Waals surface area contributed by atoms with Gasteiger partial charge in [0.1, 0.15) is 11.3 Å². The van der Waals surface area contributed by atoms with Crippen LogP contribution in [-0.4, -0.2) is 12.1 Å². The molecule has 0 bridgehead atoms. The third kappa shape index (κ3) is 2.08. The molecule has 2 aromatic heterocycles. The van der Waals surface area contributed by atoms with E-state index in [4.69, 9.17) is 9.15 Å². The molecule has 0 saturated heterocycles. The van der Waals surface area contributed by atoms with Crippen molar-refractivity contribution in [2.24, 2.45) is 0 Å². The number of nitrogens with zero attached hydrogens (tertiary/aromatic N) is 1. The van der Waals surface area contributed by atoms with Crippen LogP contribution in [0.4, 0.5) is 0 Å². The van der Waals surface area contributed by atoms with Crippen LogP contribution in [-0.2, 0) is 0 Å². The normalized spacial score (nSPS) is 10.6. The fraction of sp³-hybridized carbons (Fsp3) is 0.0667. The molecule has 94 valence electrons. The highest BCUT2D eigenvalue weighted by Gasteiger charge is 2.06. The van der Waals surface area contributed by atoms with Gasteiger partial charge in [0.25, 0.3) is 0 Å². The van der Waals surface area contributed by atoms with E-state index >= 15 is 0 Å². The Hall–Kier alpha value is -2.62. The summed E-state index contributed by atoms with van der Waals surface area (Å²) in [4.78, 5) is 16.1. The molecular formula is C15H11NO3. The van der Waals surface area contributed by atoms with Gasteiger partial charge in [0.05, 0.1) is 12.5 Å². The number of benzene rings is 1. The molecule has 0 spiro atoms. The summed E-state index contributed by atoms with van der Waals surface area (Å²) < 4.78 is 10.7. The smallest absolute Gasteiger partial charge is 0.212 e. The zero-order valence-electron chi connectivity index (χ0n) is 10.3. The number of para-hydroxylation sites is 1. The van der Waals surface area contributed by atoms with Crippen molar-refractivity contribution in [2.75, 3.05) is 7.11 Å². The third-order valence-electron chi connectivity index (χ3n) is 2.86. The number of hydrogen-bond acceptors (Lipinski definition) is 4. The Labute approximate surface area is 109 Å². The van der Waals surface area contributed by atoms with Gasteiger partial charge in [-0.3, -0.25) is 4.79 Å². The minimum atomic E-state index is -0.0623. The molecule has 3 rings (SSSR count). The molecule has 0 aliphatic carbocycles. The molecule has 19 heavy (non-hydrogen) atoms. The highest BCUT2D eigenvalue weighted by atomic mass is 16.5. The lowest BCUT2D eigenvalue weighted by Crippen LogP contribution is -2.00. The summed E-state index contributed by atoms with van der Waals surface area (Å²) in [5.41, 5.74) is 1.25. The van der Waals surface area contributed by atoms with E-state index in [9.17, 15) is 4.79 Å². The van der Waals surface area contributed by atoms with Crippen LogP contribution >= 0.6 is 0 Å². The predicted molar refractivity (Wildman–Crippen MR) is 72.3 cm³/mol. The molecule has 0 atom stereocenters. The largest absolute Gasteiger partial charge is 0.481 e. The topological polar surface area (TPSA) is 52.3 Å². The zero-order chi connectivity index (χ0) is 13.2. The van der Waals surface area contributed by atoms with E-state index in [0.717, 1.165) is 5.56 Å². The second-order valence-corrected chi connectivity index (χ2v) is 4.06. The Morgan fingerprint density at radius 3 is 2.74 bits per heavy atom. The van der Waals surface area contributed by atoms with E-state index < -0.39 is 0 Å². The van der Waals surface area contributed by atoms with Gasteiger partial charge in [0.15, 0.2) is 5.43 Å². The molecule has 3 aromatic rings. The molecular weight excluding hydrogens is 242 g/mol. The molecule has 0 aliphatic heterocycles. The molecule has 0 unspecified atom stereocenters. The van der Waals surface area contributed by atoms with Gasteiger partial charge in [-0.25, -0.2) is 4.98 Å². The van der Waals surface area contributed by atoms with Crippen LogP contribution in [0, 0.1) is 0 Å². The number of pyridine rings is 1. The first-order chi connectivity index (χ1) is 9.28. The van der Waals surface area contributed by atoms with Crippen molar-refractivity contribution >= 4 is 11.0 Å². The van der Waals surface area contributed by atoms with Crippen LogP contribution in [0.15, 0.2) is 57.9 Å². The average Bonchev–Trinajstić information content (AvgIpc) is 2.47. The molecule has 2 heterocycles. The first kappa shape index (κ1) is 11.5. The van der Waals surface area contributed by atoms with Gasteiger partial charge in [-0.05, 0) is 18.2 Å². The van der Waals surface area contributed by atoms with Gasteiger partial charge in [-0.2, -0.15) is 0 Å². The minimum absolute atomic E-state index is 0.0623. The summed E-state index contributed by atoms with van der Waals surface area (Å²) in [6.45, 7) is 0. The number of aromatic nitrogens is 1. The Kier molecular flexibility index (Phi) is 2.76. The van der Waals surface area contributed by atoms with E-state index in [1.165, 1.54) is 6.07 Å². The molecule has 0 radical (unpaired) electrons. The van der Waals surface area contributed by atoms with Crippen molar-refractivity contribution in [3.05, 3.63) is 58.9 Å². The highest BCUT2D eigenvalue weighted by Crippen LogP contribution is 2.22. The Morgan fingerprint density at radius 2 is 2.00 bits per heavy atom. The second-order valence-electron chi connectivity index (χ2n) is 4.06. The molecule has 4 heteroatoms. The van der Waals surface area contributed by atoms with E-state index in [1.54, 1.807) is 37.6 Å². The summed E-state index contributed by atoms with van der Waals surface area (Å²) in [7, 11) is 1.55. The molecule has 1 aromatic carbocycles. The summed E-state index contributed by atoms with van der Waals surface area (Å²) in [6, 6.07) is 12.2. The second kappa shape index (κ2) is 4.57. The molecule has 0 amide bonds. The number of fused-ring (bicyclic) bond motifs is 1. The minimum Gasteiger partial charge on any atom is -0.481 e. The van der Waals surface area contributed by atoms with Crippen molar-refractivity contribution < 1.29 is 9.15 Å². The highest BCUT2D eigenvalue weighted by molar-refractivity contribution is 5.78. The van der Waals surface area contributed by atoms with Gasteiger partial charge in [-0.15, -0.1) is 0 Å². The molecule has 4 nitrogen and oxygen atoms in total. The van der Waals surface area contributed by atoms with Gasteiger partial charge < -0.3 is 9.15 Å². The number of hydrogen-bond donors (Lipinski definition) is 0. The van der Waals surface area contributed by atoms with Gasteiger partial charge >= 0.3 is 0 Å². The van der Waals surface area contributed by atoms with Crippen LogP contribution in [0.2, 0.25) is 0 Å². The Balaban J connectivity index is 2.16. The number of ether oxygens (including phenoxy) is 1. The lowest BCUT2D eigenvalue weighted by molar-refractivity contribution is 0.398. The van der Waals surface area contributed by atoms with E-state index in [2.05, 4.69) is 4.98 Å². The maximum absolute atomic E-state index is 12.0. The van der Waals surface area contributed by atoms with Crippen LogP contribution in [0.1, 0.15) is 0 Å². The molecule has 0 aliphatic rings. The maximum atomic E-state index is 12.0. The van der Waals surface area contributed by atoms with Crippen LogP contribution in [0.25, 0.3) is 22.3 Å². The van der Waals surface area contributed by atoms with E-state index in [-0.39, 0.29) is 5.43 Å². The Morgan fingerprint density at radius 1 is 1.16 bits per heavy atom. The molecule has 0 saturated carbocycles. The fourth-order valence-corrected chi connectivity index (χ4v) is 1.89. The first-order valence-corrected chi connectivity index (χ1v) is 5.81. The molecule has 0 N–H and O–H groups in total. The predicted octanol–water partition coefficient (Wildman–Crippen LogP) is 2.86. The van der Waals surface area contributed by atoms with Gasteiger partial charge in [0.2, 0.25) is 5.88 Å². The standard InChI is InChI=1S/C15H11NO3/c1-18-15-7-6-10(9-16-15)14-8-12(17)11-4-2-3-5-13(11)19-14/h2-9H,1H3. The quantitative estimate of drug-likeness (QED) is 0.704.